The summed E-state index contributed by atoms with van der Waals surface area (Å²) in [4.78, 5) is 47.1. The van der Waals surface area contributed by atoms with Crippen LogP contribution in [-0.4, -0.2) is 46.3 Å². The maximum atomic E-state index is 12.5. The van der Waals surface area contributed by atoms with E-state index in [9.17, 15) is 19.2 Å². The first kappa shape index (κ1) is 28.3. The number of hydrogen-bond donors (Lipinski definition) is 2. The van der Waals surface area contributed by atoms with Crippen LogP contribution in [0, 0.1) is 17.3 Å². The molecule has 2 aromatic rings. The maximum absolute atomic E-state index is 12.5. The Hall–Kier alpha value is -3.68. The molecule has 8 nitrogen and oxygen atoms in total. The zero-order valence-corrected chi connectivity index (χ0v) is 22.4. The first-order valence-electron chi connectivity index (χ1n) is 13.6. The molecule has 0 unspecified atom stereocenters. The molecular formula is C31H36O8. The van der Waals surface area contributed by atoms with E-state index < -0.39 is 23.9 Å². The fourth-order valence-electron chi connectivity index (χ4n) is 6.12. The van der Waals surface area contributed by atoms with Crippen molar-refractivity contribution in [3.63, 3.8) is 0 Å². The molecule has 2 aliphatic rings. The Morgan fingerprint density at radius 1 is 0.564 bits per heavy atom. The summed E-state index contributed by atoms with van der Waals surface area (Å²) in [5, 5.41) is 18.0. The maximum Gasteiger partial charge on any atom is 0.338 e. The van der Waals surface area contributed by atoms with Crippen molar-refractivity contribution >= 4 is 23.9 Å². The molecule has 39 heavy (non-hydrogen) atoms. The number of rotatable bonds is 8. The molecule has 0 spiro atoms. The van der Waals surface area contributed by atoms with Gasteiger partial charge in [-0.05, 0) is 117 Å². The first-order chi connectivity index (χ1) is 18.5. The predicted molar refractivity (Wildman–Crippen MR) is 143 cm³/mol. The van der Waals surface area contributed by atoms with Gasteiger partial charge in [-0.1, -0.05) is 13.8 Å². The lowest BCUT2D eigenvalue weighted by atomic mass is 9.60. The van der Waals surface area contributed by atoms with E-state index in [4.69, 9.17) is 19.7 Å². The summed E-state index contributed by atoms with van der Waals surface area (Å²) in [5.74, 6) is -1.87. The van der Waals surface area contributed by atoms with Crippen LogP contribution in [0.4, 0.5) is 0 Å². The van der Waals surface area contributed by atoms with Gasteiger partial charge in [-0.25, -0.2) is 19.2 Å². The third kappa shape index (κ3) is 6.85. The molecule has 208 valence electrons. The number of hydrogen-bond acceptors (Lipinski definition) is 6. The second kappa shape index (κ2) is 12.0. The molecule has 0 atom stereocenters. The minimum Gasteiger partial charge on any atom is -0.478 e. The molecule has 0 saturated heterocycles. The van der Waals surface area contributed by atoms with Crippen molar-refractivity contribution < 1.29 is 38.9 Å². The Bertz CT molecular complexity index is 1090. The molecule has 0 amide bonds. The van der Waals surface area contributed by atoms with Gasteiger partial charge in [0.1, 0.15) is 12.2 Å². The van der Waals surface area contributed by atoms with E-state index in [1.165, 1.54) is 48.5 Å². The van der Waals surface area contributed by atoms with Crippen LogP contribution in [0.2, 0.25) is 0 Å². The Kier molecular flexibility index (Phi) is 8.73. The molecule has 0 aromatic heterocycles. The fraction of sp³-hybridized carbons (Fsp3) is 0.484. The van der Waals surface area contributed by atoms with Gasteiger partial charge in [0, 0.05) is 0 Å². The Labute approximate surface area is 228 Å². The predicted octanol–water partition coefficient (Wildman–Crippen LogP) is 6.24. The minimum absolute atomic E-state index is 0.114. The zero-order valence-electron chi connectivity index (χ0n) is 22.4. The molecule has 8 heteroatoms. The lowest BCUT2D eigenvalue weighted by Gasteiger charge is -2.46. The van der Waals surface area contributed by atoms with Gasteiger partial charge >= 0.3 is 23.9 Å². The SMILES string of the molecule is CC(C)(C1CCC(OC(=O)c2ccc(C(=O)O)cc2)CC1)C1CCC(OC(=O)c2ccc(C(=O)O)cc2)CC1. The second-order valence-corrected chi connectivity index (χ2v) is 11.3. The average Bonchev–Trinajstić information content (AvgIpc) is 2.93. The molecule has 0 radical (unpaired) electrons. The topological polar surface area (TPSA) is 127 Å². The number of aromatic carboxylic acids is 2. The minimum atomic E-state index is -1.03. The van der Waals surface area contributed by atoms with Crippen molar-refractivity contribution in [3.8, 4) is 0 Å². The largest absolute Gasteiger partial charge is 0.478 e. The van der Waals surface area contributed by atoms with Crippen LogP contribution < -0.4 is 0 Å². The summed E-state index contributed by atoms with van der Waals surface area (Å²) in [7, 11) is 0. The van der Waals surface area contributed by atoms with Gasteiger partial charge < -0.3 is 19.7 Å². The van der Waals surface area contributed by atoms with E-state index in [0.29, 0.717) is 23.0 Å². The van der Waals surface area contributed by atoms with E-state index in [1.807, 2.05) is 0 Å². The summed E-state index contributed by atoms with van der Waals surface area (Å²) < 4.78 is 11.5. The molecule has 2 aromatic carbocycles. The average molecular weight is 537 g/mol. The van der Waals surface area contributed by atoms with Gasteiger partial charge in [0.25, 0.3) is 0 Å². The lowest BCUT2D eigenvalue weighted by molar-refractivity contribution is -0.0199. The Morgan fingerprint density at radius 3 is 1.13 bits per heavy atom. The second-order valence-electron chi connectivity index (χ2n) is 11.3. The summed E-state index contributed by atoms with van der Waals surface area (Å²) >= 11 is 0. The van der Waals surface area contributed by atoms with Crippen LogP contribution in [0.15, 0.2) is 48.5 Å². The molecule has 2 saturated carbocycles. The zero-order chi connectivity index (χ0) is 28.2. The van der Waals surface area contributed by atoms with Gasteiger partial charge in [-0.2, -0.15) is 0 Å². The summed E-state index contributed by atoms with van der Waals surface area (Å²) in [6, 6.07) is 11.6. The van der Waals surface area contributed by atoms with Gasteiger partial charge in [-0.3, -0.25) is 0 Å². The molecule has 4 rings (SSSR count). The van der Waals surface area contributed by atoms with E-state index >= 15 is 0 Å². The van der Waals surface area contributed by atoms with Crippen molar-refractivity contribution in [1.29, 1.82) is 0 Å². The highest BCUT2D eigenvalue weighted by Crippen LogP contribution is 2.49. The van der Waals surface area contributed by atoms with Crippen LogP contribution in [0.1, 0.15) is 107 Å². The van der Waals surface area contributed by atoms with Gasteiger partial charge in [0.2, 0.25) is 0 Å². The summed E-state index contributed by atoms with van der Waals surface area (Å²) in [6.07, 6.45) is 6.86. The smallest absolute Gasteiger partial charge is 0.338 e. The summed E-state index contributed by atoms with van der Waals surface area (Å²) in [6.45, 7) is 4.66. The molecular weight excluding hydrogens is 500 g/mol. The highest BCUT2D eigenvalue weighted by atomic mass is 16.5. The molecule has 0 aliphatic heterocycles. The lowest BCUT2D eigenvalue weighted by Crippen LogP contribution is -2.39. The van der Waals surface area contributed by atoms with E-state index in [0.717, 1.165) is 51.4 Å². The number of carbonyl (C=O) groups excluding carboxylic acids is 2. The van der Waals surface area contributed by atoms with Crippen LogP contribution >= 0.6 is 0 Å². The van der Waals surface area contributed by atoms with Crippen molar-refractivity contribution in [3.05, 3.63) is 70.8 Å². The normalized spacial score (nSPS) is 23.4. The Balaban J connectivity index is 1.22. The van der Waals surface area contributed by atoms with E-state index in [1.54, 1.807) is 0 Å². The first-order valence-corrected chi connectivity index (χ1v) is 13.6. The van der Waals surface area contributed by atoms with Crippen LogP contribution in [0.25, 0.3) is 0 Å². The number of carboxylic acids is 2. The van der Waals surface area contributed by atoms with E-state index in [-0.39, 0.29) is 28.7 Å². The fourth-order valence-corrected chi connectivity index (χ4v) is 6.12. The van der Waals surface area contributed by atoms with Crippen molar-refractivity contribution in [1.82, 2.24) is 0 Å². The van der Waals surface area contributed by atoms with Gasteiger partial charge in [0.05, 0.1) is 22.3 Å². The number of ether oxygens (including phenoxy) is 2. The third-order valence-corrected chi connectivity index (χ3v) is 8.74. The molecule has 2 fully saturated rings. The third-order valence-electron chi connectivity index (χ3n) is 8.74. The van der Waals surface area contributed by atoms with E-state index in [2.05, 4.69) is 13.8 Å². The van der Waals surface area contributed by atoms with Gasteiger partial charge in [-0.15, -0.1) is 0 Å². The highest BCUT2D eigenvalue weighted by Gasteiger charge is 2.41. The molecule has 0 heterocycles. The number of esters is 2. The van der Waals surface area contributed by atoms with Crippen LogP contribution in [-0.2, 0) is 9.47 Å². The number of benzene rings is 2. The van der Waals surface area contributed by atoms with Crippen LogP contribution in [0.3, 0.4) is 0 Å². The number of carbonyl (C=O) groups is 4. The van der Waals surface area contributed by atoms with Crippen LogP contribution in [0.5, 0.6) is 0 Å². The van der Waals surface area contributed by atoms with Crippen molar-refractivity contribution in [2.75, 3.05) is 0 Å². The quantitative estimate of drug-likeness (QED) is 0.380. The summed E-state index contributed by atoms with van der Waals surface area (Å²) in [5.41, 5.74) is 1.10. The van der Waals surface area contributed by atoms with Gasteiger partial charge in [0.15, 0.2) is 0 Å². The van der Waals surface area contributed by atoms with Crippen molar-refractivity contribution in [2.24, 2.45) is 17.3 Å². The molecule has 2 aliphatic carbocycles. The standard InChI is InChI=1S/C31H36O8/c1-31(2,23-11-15-25(16-12-23)38-29(36)21-7-3-19(4-8-21)27(32)33)24-13-17-26(18-14-24)39-30(37)22-9-5-20(6-10-22)28(34)35/h3-10,23-26H,11-18H2,1-2H3,(H,32,33)(H,34,35). The Morgan fingerprint density at radius 2 is 0.846 bits per heavy atom. The number of carboxylic acid groups (broad SMARTS) is 2. The molecule has 2 N–H and O–H groups in total. The monoisotopic (exact) mass is 536 g/mol. The molecule has 0 bridgehead atoms. The van der Waals surface area contributed by atoms with Crippen molar-refractivity contribution in [2.45, 2.75) is 77.4 Å². The highest BCUT2D eigenvalue weighted by molar-refractivity contribution is 5.93.